The van der Waals surface area contributed by atoms with Gasteiger partial charge in [-0.3, -0.25) is 0 Å². The third-order valence-electron chi connectivity index (χ3n) is 23.6. The number of rotatable bonds is 6. The minimum Gasteiger partial charge on any atom is -0.245 e. The number of hydrogen-bond acceptors (Lipinski definition) is 7. The first-order valence-electron chi connectivity index (χ1n) is 37.4. The van der Waals surface area contributed by atoms with Gasteiger partial charge in [0.2, 0.25) is 0 Å². The molecule has 3 aliphatic carbocycles. The molecule has 0 bridgehead atoms. The number of benzene rings is 15. The van der Waals surface area contributed by atoms with E-state index in [0.29, 0.717) is 5.82 Å². The predicted octanol–water partition coefficient (Wildman–Crippen LogP) is 25.6. The van der Waals surface area contributed by atoms with Gasteiger partial charge in [0.15, 0.2) is 5.82 Å². The molecule has 15 aromatic carbocycles. The van der Waals surface area contributed by atoms with Gasteiger partial charge in [-0.2, -0.15) is 0 Å². The van der Waals surface area contributed by atoms with Crippen molar-refractivity contribution >= 4 is 64.6 Å². The summed E-state index contributed by atoms with van der Waals surface area (Å²) in [5, 5.41) is 14.6. The van der Waals surface area contributed by atoms with Gasteiger partial charge in [0.1, 0.15) is 25.3 Å². The molecule has 108 heavy (non-hydrogen) atoms. The summed E-state index contributed by atoms with van der Waals surface area (Å²) in [6.07, 6.45) is 12.0. The number of nitrogens with zero attached hydrogens (tertiary/aromatic N) is 7. The smallest absolute Gasteiger partial charge is 0.163 e. The fraction of sp³-hybridized carbons (Fsp3) is 0.119. The lowest BCUT2D eigenvalue weighted by atomic mass is 9.80. The van der Waals surface area contributed by atoms with Crippen LogP contribution in [0.4, 0.5) is 0 Å². The summed E-state index contributed by atoms with van der Waals surface area (Å²) in [6.45, 7) is 20.6. The van der Waals surface area contributed by atoms with E-state index in [1.807, 2.05) is 24.7 Å². The highest BCUT2D eigenvalue weighted by atomic mass is 15.0. The van der Waals surface area contributed by atoms with E-state index in [-0.39, 0.29) is 16.2 Å². The molecule has 7 nitrogen and oxygen atoms in total. The molecule has 0 spiro atoms. The third-order valence-corrected chi connectivity index (χ3v) is 23.6. The van der Waals surface area contributed by atoms with Crippen LogP contribution >= 0.6 is 0 Å². The van der Waals surface area contributed by atoms with Gasteiger partial charge in [0, 0.05) is 57.1 Å². The second-order valence-corrected chi connectivity index (χ2v) is 31.0. The van der Waals surface area contributed by atoms with E-state index in [2.05, 4.69) is 352 Å². The normalized spacial score (nSPS) is 13.6. The Morgan fingerprint density at radius 2 is 0.537 bits per heavy atom. The molecule has 0 amide bonds. The average Bonchev–Trinajstić information content (AvgIpc) is 1.20. The van der Waals surface area contributed by atoms with E-state index in [4.69, 9.17) is 0 Å². The average molecular weight is 1390 g/mol. The van der Waals surface area contributed by atoms with Gasteiger partial charge in [0.25, 0.3) is 0 Å². The first-order chi connectivity index (χ1) is 52.6. The Morgan fingerprint density at radius 3 is 0.926 bits per heavy atom. The molecule has 0 saturated carbocycles. The quantitative estimate of drug-likeness (QED) is 0.153. The lowest BCUT2D eigenvalue weighted by Crippen LogP contribution is -2.14. The molecule has 0 unspecified atom stereocenters. The first kappa shape index (κ1) is 65.8. The molecule has 7 heteroatoms. The van der Waals surface area contributed by atoms with Crippen molar-refractivity contribution in [3.63, 3.8) is 0 Å². The molecule has 0 fully saturated rings. The van der Waals surface area contributed by atoms with E-state index in [1.54, 1.807) is 25.3 Å². The molecule has 18 aromatic rings. The summed E-state index contributed by atoms with van der Waals surface area (Å²) >= 11 is 0. The van der Waals surface area contributed by atoms with Crippen LogP contribution < -0.4 is 0 Å². The topological polar surface area (TPSA) is 90.2 Å². The lowest BCUT2D eigenvalue weighted by Gasteiger charge is -2.23. The van der Waals surface area contributed by atoms with Crippen molar-refractivity contribution in [2.75, 3.05) is 0 Å². The van der Waals surface area contributed by atoms with E-state index >= 15 is 0 Å². The minimum atomic E-state index is -0.0473. The Kier molecular flexibility index (Phi) is 15.5. The Hall–Kier alpha value is -13.0. The van der Waals surface area contributed by atoms with Crippen LogP contribution in [0.25, 0.3) is 165 Å². The maximum absolute atomic E-state index is 4.65. The van der Waals surface area contributed by atoms with Crippen molar-refractivity contribution in [3.8, 4) is 101 Å². The van der Waals surface area contributed by atoms with E-state index in [0.717, 1.165) is 27.6 Å². The number of aryl methyl sites for hydroxylation is 3. The molecular weight excluding hydrogens is 1310 g/mol. The van der Waals surface area contributed by atoms with Crippen LogP contribution in [0.15, 0.2) is 305 Å². The van der Waals surface area contributed by atoms with Gasteiger partial charge in [-0.15, -0.1) is 0 Å². The van der Waals surface area contributed by atoms with Crippen LogP contribution in [0.2, 0.25) is 0 Å². The van der Waals surface area contributed by atoms with Gasteiger partial charge < -0.3 is 0 Å². The van der Waals surface area contributed by atoms with Crippen molar-refractivity contribution < 1.29 is 0 Å². The highest BCUT2D eigenvalue weighted by Gasteiger charge is 2.39. The fourth-order valence-electron chi connectivity index (χ4n) is 18.5. The van der Waals surface area contributed by atoms with E-state index < -0.39 is 0 Å². The second kappa shape index (κ2) is 25.4. The third kappa shape index (κ3) is 10.4. The summed E-state index contributed by atoms with van der Waals surface area (Å²) < 4.78 is 0. The van der Waals surface area contributed by atoms with Gasteiger partial charge in [-0.05, 0) is 210 Å². The Balaban J connectivity index is 0.000000110. The van der Waals surface area contributed by atoms with Crippen LogP contribution in [-0.2, 0) is 16.2 Å². The summed E-state index contributed by atoms with van der Waals surface area (Å²) in [6, 6.07) is 96.1. The Labute approximate surface area is 629 Å². The van der Waals surface area contributed by atoms with Crippen molar-refractivity contribution in [2.45, 2.75) is 78.6 Å². The van der Waals surface area contributed by atoms with Crippen molar-refractivity contribution in [3.05, 3.63) is 355 Å². The fourth-order valence-corrected chi connectivity index (χ4v) is 18.5. The molecule has 3 heterocycles. The summed E-state index contributed by atoms with van der Waals surface area (Å²) in [4.78, 5) is 30.6. The van der Waals surface area contributed by atoms with Crippen LogP contribution in [0.5, 0.6) is 0 Å². The van der Waals surface area contributed by atoms with Gasteiger partial charge in [-0.25, -0.2) is 34.9 Å². The van der Waals surface area contributed by atoms with Crippen LogP contribution in [-0.4, -0.2) is 34.9 Å². The standard InChI is InChI=1S/2C34H26N2.C33H25N3/c1-21-12-14-28-29(16-21)32(26-9-4-5-10-27(26)33(28)23-18-35-20-36-19-23)22-13-15-25-24-8-6-7-11-30(24)34(2,3)31(25)17-22;1-21-12-14-27-28(18-21)32(25-9-4-5-10-26(25)33(27)31-16-17-35-20-36-31)22-13-15-24-23-8-6-7-11-29(23)34(2,3)30(24)19-22;1-20-12-14-26-27(16-20)30(24-9-4-5-10-25(24)31(26)32-35-18-34-19-36-32)21-13-15-23-22-8-6-7-11-28(22)33(2,3)29(23)17-21/h2*4-20H,1-3H3;4-19H,1-3H3. The molecule has 516 valence electrons. The molecule has 3 aromatic heterocycles. The molecule has 0 atom stereocenters. The second-order valence-electron chi connectivity index (χ2n) is 31.0. The summed E-state index contributed by atoms with van der Waals surface area (Å²) in [5.41, 5.74) is 33.1. The van der Waals surface area contributed by atoms with Crippen LogP contribution in [0.3, 0.4) is 0 Å². The molecule has 3 aliphatic rings. The van der Waals surface area contributed by atoms with Crippen molar-refractivity contribution in [2.24, 2.45) is 0 Å². The molecule has 0 aliphatic heterocycles. The zero-order valence-corrected chi connectivity index (χ0v) is 62.0. The highest BCUT2D eigenvalue weighted by Crippen LogP contribution is 2.56. The van der Waals surface area contributed by atoms with Crippen LogP contribution in [0.1, 0.15) is 91.6 Å². The molecular formula is C101H77N7. The minimum absolute atomic E-state index is 0.0369. The summed E-state index contributed by atoms with van der Waals surface area (Å²) in [5.74, 6) is 0.701. The summed E-state index contributed by atoms with van der Waals surface area (Å²) in [7, 11) is 0. The molecule has 0 saturated heterocycles. The first-order valence-corrected chi connectivity index (χ1v) is 37.4. The maximum Gasteiger partial charge on any atom is 0.163 e. The number of hydrogen-bond donors (Lipinski definition) is 0. The number of aromatic nitrogens is 7. The van der Waals surface area contributed by atoms with Gasteiger partial charge in [0.05, 0.1) is 5.69 Å². The van der Waals surface area contributed by atoms with E-state index in [1.165, 1.54) is 182 Å². The maximum atomic E-state index is 4.65. The molecule has 21 rings (SSSR count). The monoisotopic (exact) mass is 1390 g/mol. The van der Waals surface area contributed by atoms with Crippen molar-refractivity contribution in [1.29, 1.82) is 0 Å². The largest absolute Gasteiger partial charge is 0.245 e. The van der Waals surface area contributed by atoms with Crippen LogP contribution in [0, 0.1) is 20.8 Å². The SMILES string of the molecule is Cc1ccc2c(-c3ccncn3)c3ccccc3c(-c3ccc4c(c3)C(C)(C)c3ccccc3-4)c2c1.Cc1ccc2c(-c3cncnc3)c3ccccc3c(-c3ccc4c(c3)C(C)(C)c3ccccc3-4)c2c1.Cc1ccc2c(-c3ncncn3)c3ccccc3c(-c3ccc4c(c3)C(C)(C)c3ccccc3-4)c2c1. The van der Waals surface area contributed by atoms with Gasteiger partial charge >= 0.3 is 0 Å². The predicted molar refractivity (Wildman–Crippen MR) is 448 cm³/mol. The molecule has 0 radical (unpaired) electrons. The zero-order valence-electron chi connectivity index (χ0n) is 62.0. The zero-order chi connectivity index (χ0) is 73.3. The van der Waals surface area contributed by atoms with Crippen molar-refractivity contribution in [1.82, 2.24) is 34.9 Å². The Morgan fingerprint density at radius 1 is 0.222 bits per heavy atom. The van der Waals surface area contributed by atoms with E-state index in [9.17, 15) is 0 Å². The molecule has 0 N–H and O–H groups in total. The van der Waals surface area contributed by atoms with Gasteiger partial charge in [-0.1, -0.05) is 295 Å². The lowest BCUT2D eigenvalue weighted by molar-refractivity contribution is 0.660. The highest BCUT2D eigenvalue weighted by molar-refractivity contribution is 6.24. The number of fused-ring (bicyclic) bond motifs is 15. The Bertz CT molecular complexity index is 6090.